The van der Waals surface area contributed by atoms with Gasteiger partial charge in [-0.15, -0.1) is 0 Å². The number of hydrogen-bond donors (Lipinski definition) is 3. The van der Waals surface area contributed by atoms with Gasteiger partial charge < -0.3 is 10.6 Å². The first-order valence-electron chi connectivity index (χ1n) is 12.2. The summed E-state index contributed by atoms with van der Waals surface area (Å²) in [5.74, 6) is -0.0169. The predicted molar refractivity (Wildman–Crippen MR) is 132 cm³/mol. The van der Waals surface area contributed by atoms with Gasteiger partial charge in [-0.05, 0) is 56.9 Å². The normalized spacial score (nSPS) is 15.1. The highest BCUT2D eigenvalue weighted by atomic mass is 16.2. The topological polar surface area (TPSA) is 105 Å². The number of amides is 2. The summed E-state index contributed by atoms with van der Waals surface area (Å²) in [5, 5.41) is 17.4. The molecule has 4 rings (SSSR count). The van der Waals surface area contributed by atoms with Gasteiger partial charge in [-0.1, -0.05) is 44.2 Å². The van der Waals surface area contributed by atoms with Crippen LogP contribution in [0.4, 0.5) is 5.69 Å². The molecule has 0 spiro atoms. The van der Waals surface area contributed by atoms with Gasteiger partial charge in [0.05, 0.1) is 5.69 Å². The van der Waals surface area contributed by atoms with Crippen molar-refractivity contribution in [1.29, 1.82) is 0 Å². The van der Waals surface area contributed by atoms with Gasteiger partial charge in [0.2, 0.25) is 5.91 Å². The number of benzene rings is 1. The van der Waals surface area contributed by atoms with Crippen molar-refractivity contribution in [3.63, 3.8) is 0 Å². The molecular formula is C26H34N6O2. The van der Waals surface area contributed by atoms with Gasteiger partial charge in [0.15, 0.2) is 0 Å². The lowest BCUT2D eigenvalue weighted by Gasteiger charge is -2.26. The fourth-order valence-electron chi connectivity index (χ4n) is 4.92. The van der Waals surface area contributed by atoms with E-state index in [1.165, 1.54) is 19.3 Å². The van der Waals surface area contributed by atoms with Crippen LogP contribution in [-0.4, -0.2) is 37.8 Å². The summed E-state index contributed by atoms with van der Waals surface area (Å²) in [6.07, 6.45) is 8.07. The van der Waals surface area contributed by atoms with Gasteiger partial charge in [0.25, 0.3) is 5.91 Å². The Kier molecular flexibility index (Phi) is 7.45. The summed E-state index contributed by atoms with van der Waals surface area (Å²) in [6, 6.07) is 8.83. The molecule has 0 aliphatic heterocycles. The Bertz CT molecular complexity index is 1110. The molecule has 180 valence electrons. The first-order chi connectivity index (χ1) is 16.5. The van der Waals surface area contributed by atoms with Crippen molar-refractivity contribution in [3.05, 3.63) is 53.6 Å². The molecule has 1 fully saturated rings. The van der Waals surface area contributed by atoms with Crippen LogP contribution in [0.2, 0.25) is 0 Å². The maximum Gasteiger partial charge on any atom is 0.270 e. The zero-order chi connectivity index (χ0) is 24.1. The fourth-order valence-corrected chi connectivity index (χ4v) is 4.92. The molecule has 2 aromatic heterocycles. The molecule has 0 saturated heterocycles. The maximum absolute atomic E-state index is 13.3. The number of rotatable bonds is 8. The van der Waals surface area contributed by atoms with Crippen LogP contribution in [0.25, 0.3) is 11.1 Å². The molecule has 1 aliphatic rings. The Balaban J connectivity index is 1.48. The van der Waals surface area contributed by atoms with Crippen LogP contribution in [0.1, 0.15) is 67.3 Å². The predicted octanol–water partition coefficient (Wildman–Crippen LogP) is 4.62. The van der Waals surface area contributed by atoms with Gasteiger partial charge in [0, 0.05) is 29.7 Å². The Morgan fingerprint density at radius 3 is 2.50 bits per heavy atom. The van der Waals surface area contributed by atoms with Crippen LogP contribution in [0.3, 0.4) is 0 Å². The minimum absolute atomic E-state index is 0.190. The molecule has 0 bridgehead atoms. The third kappa shape index (κ3) is 5.38. The van der Waals surface area contributed by atoms with Crippen LogP contribution >= 0.6 is 0 Å². The average molecular weight is 463 g/mol. The summed E-state index contributed by atoms with van der Waals surface area (Å²) < 4.78 is 1.64. The van der Waals surface area contributed by atoms with Crippen LogP contribution in [0.15, 0.2) is 36.5 Å². The van der Waals surface area contributed by atoms with E-state index in [9.17, 15) is 9.59 Å². The smallest absolute Gasteiger partial charge is 0.270 e. The number of nitrogens with zero attached hydrogens (tertiary/aromatic N) is 3. The molecule has 1 aliphatic carbocycles. The minimum atomic E-state index is -0.603. The van der Waals surface area contributed by atoms with Gasteiger partial charge in [-0.3, -0.25) is 19.4 Å². The molecule has 0 unspecified atom stereocenters. The van der Waals surface area contributed by atoms with Crippen LogP contribution in [0, 0.1) is 19.8 Å². The molecule has 1 atom stereocenters. The molecule has 0 radical (unpaired) electrons. The van der Waals surface area contributed by atoms with Gasteiger partial charge in [-0.2, -0.15) is 10.2 Å². The second-order valence-corrected chi connectivity index (χ2v) is 9.17. The van der Waals surface area contributed by atoms with Crippen LogP contribution in [0.5, 0.6) is 0 Å². The van der Waals surface area contributed by atoms with Crippen molar-refractivity contribution in [1.82, 2.24) is 25.3 Å². The summed E-state index contributed by atoms with van der Waals surface area (Å²) in [4.78, 5) is 26.3. The van der Waals surface area contributed by atoms with Gasteiger partial charge >= 0.3 is 0 Å². The first-order valence-corrected chi connectivity index (χ1v) is 12.2. The maximum atomic E-state index is 13.3. The van der Waals surface area contributed by atoms with Crippen LogP contribution < -0.4 is 10.6 Å². The monoisotopic (exact) mass is 462 g/mol. The minimum Gasteiger partial charge on any atom is -0.339 e. The fraction of sp³-hybridized carbons (Fsp3) is 0.462. The molecule has 3 aromatic rings. The quantitative estimate of drug-likeness (QED) is 0.454. The zero-order valence-electron chi connectivity index (χ0n) is 20.2. The van der Waals surface area contributed by atoms with Crippen molar-refractivity contribution >= 4 is 17.5 Å². The number of aryl methyl sites for hydroxylation is 3. The third-order valence-electron chi connectivity index (χ3n) is 6.73. The highest BCUT2D eigenvalue weighted by Crippen LogP contribution is 2.29. The van der Waals surface area contributed by atoms with E-state index in [-0.39, 0.29) is 11.8 Å². The molecule has 3 N–H and O–H groups in total. The van der Waals surface area contributed by atoms with E-state index in [0.29, 0.717) is 30.3 Å². The molecule has 8 nitrogen and oxygen atoms in total. The lowest BCUT2D eigenvalue weighted by atomic mass is 9.84. The van der Waals surface area contributed by atoms with E-state index in [0.717, 1.165) is 35.4 Å². The largest absolute Gasteiger partial charge is 0.339 e. The highest BCUT2D eigenvalue weighted by molar-refractivity contribution is 6.00. The van der Waals surface area contributed by atoms with E-state index >= 15 is 0 Å². The first kappa shape index (κ1) is 23.7. The van der Waals surface area contributed by atoms with E-state index < -0.39 is 6.04 Å². The molecule has 2 heterocycles. The Morgan fingerprint density at radius 1 is 1.12 bits per heavy atom. The summed E-state index contributed by atoms with van der Waals surface area (Å²) in [7, 11) is 0. The van der Waals surface area contributed by atoms with E-state index in [1.54, 1.807) is 16.9 Å². The number of carbonyl (C=O) groups is 2. The van der Waals surface area contributed by atoms with Gasteiger partial charge in [0.1, 0.15) is 11.7 Å². The number of H-pyrrole nitrogens is 1. The molecule has 1 aromatic carbocycles. The van der Waals surface area contributed by atoms with Crippen molar-refractivity contribution in [3.8, 4) is 11.1 Å². The SMILES string of the molecule is CCn1nccc1C(=O)N[C@@H](CC1CCCCC1)C(=O)Nc1ccc(-c2c(C)n[nH]c2C)cc1. The van der Waals surface area contributed by atoms with E-state index in [2.05, 4.69) is 25.9 Å². The molecule has 1 saturated carbocycles. The Hall–Kier alpha value is -3.42. The Labute approximate surface area is 200 Å². The van der Waals surface area contributed by atoms with Crippen molar-refractivity contribution in [2.45, 2.75) is 71.9 Å². The zero-order valence-corrected chi connectivity index (χ0v) is 20.2. The second kappa shape index (κ2) is 10.7. The van der Waals surface area contributed by atoms with Crippen molar-refractivity contribution in [2.75, 3.05) is 5.32 Å². The summed E-state index contributed by atoms with van der Waals surface area (Å²) >= 11 is 0. The number of nitrogens with one attached hydrogen (secondary N) is 3. The average Bonchev–Trinajstić information content (AvgIpc) is 3.46. The van der Waals surface area contributed by atoms with Crippen LogP contribution in [-0.2, 0) is 11.3 Å². The standard InChI is InChI=1S/C26H34N6O2/c1-4-32-23(14-15-27-32)26(34)29-22(16-19-8-6-5-7-9-19)25(33)28-21-12-10-20(11-13-21)24-17(2)30-31-18(24)3/h10-15,19,22H,4-9,16H2,1-3H3,(H,28,33)(H,29,34)(H,30,31)/t22-/m0/s1. The van der Waals surface area contributed by atoms with E-state index in [1.807, 2.05) is 45.0 Å². The third-order valence-corrected chi connectivity index (χ3v) is 6.73. The molecular weight excluding hydrogens is 428 g/mol. The van der Waals surface area contributed by atoms with Crippen molar-refractivity contribution < 1.29 is 9.59 Å². The summed E-state index contributed by atoms with van der Waals surface area (Å²) in [6.45, 7) is 6.50. The Morgan fingerprint density at radius 2 is 1.85 bits per heavy atom. The molecule has 34 heavy (non-hydrogen) atoms. The van der Waals surface area contributed by atoms with E-state index in [4.69, 9.17) is 0 Å². The lowest BCUT2D eigenvalue weighted by molar-refractivity contribution is -0.118. The molecule has 8 heteroatoms. The number of aromatic amines is 1. The lowest BCUT2D eigenvalue weighted by Crippen LogP contribution is -2.45. The number of aromatic nitrogens is 4. The molecule has 2 amide bonds. The van der Waals surface area contributed by atoms with Crippen molar-refractivity contribution in [2.24, 2.45) is 5.92 Å². The number of hydrogen-bond acceptors (Lipinski definition) is 4. The highest BCUT2D eigenvalue weighted by Gasteiger charge is 2.27. The van der Waals surface area contributed by atoms with Gasteiger partial charge in [-0.25, -0.2) is 0 Å². The number of carbonyl (C=O) groups excluding carboxylic acids is 2. The second-order valence-electron chi connectivity index (χ2n) is 9.17. The number of anilines is 1. The summed E-state index contributed by atoms with van der Waals surface area (Å²) in [5.41, 5.74) is 5.24.